The zero-order valence-electron chi connectivity index (χ0n) is 11.0. The van der Waals surface area contributed by atoms with Crippen LogP contribution in [-0.4, -0.2) is 27.5 Å². The first kappa shape index (κ1) is 14.4. The summed E-state index contributed by atoms with van der Waals surface area (Å²) in [5.41, 5.74) is -0.675. The molecule has 0 aliphatic rings. The van der Waals surface area contributed by atoms with Crippen LogP contribution in [0.1, 0.15) is 17.3 Å². The third-order valence-corrected chi connectivity index (χ3v) is 2.71. The van der Waals surface area contributed by atoms with E-state index in [1.165, 1.54) is 24.7 Å². The molecule has 1 aromatic carbocycles. The number of esters is 1. The Bertz CT molecular complexity index is 753. The summed E-state index contributed by atoms with van der Waals surface area (Å²) >= 11 is 0. The van der Waals surface area contributed by atoms with E-state index < -0.39 is 16.5 Å². The molecule has 0 fully saturated rings. The van der Waals surface area contributed by atoms with Crippen LogP contribution in [0.5, 0.6) is 0 Å². The molecule has 0 aliphatic heterocycles. The molecule has 108 valence electrons. The van der Waals surface area contributed by atoms with E-state index in [-0.39, 0.29) is 29.0 Å². The highest BCUT2D eigenvalue weighted by Crippen LogP contribution is 2.28. The average Bonchev–Trinajstić information content (AvgIpc) is 2.47. The number of hydrogen-bond donors (Lipinski definition) is 1. The van der Waals surface area contributed by atoms with Crippen LogP contribution in [0.15, 0.2) is 35.5 Å². The molecule has 1 heterocycles. The van der Waals surface area contributed by atoms with Crippen LogP contribution < -0.4 is 5.56 Å². The number of hydrogen-bond acceptors (Lipinski definition) is 6. The van der Waals surface area contributed by atoms with Gasteiger partial charge < -0.3 is 9.72 Å². The number of H-pyrrole nitrogens is 1. The Morgan fingerprint density at radius 1 is 1.43 bits per heavy atom. The van der Waals surface area contributed by atoms with Crippen LogP contribution in [0.25, 0.3) is 11.1 Å². The van der Waals surface area contributed by atoms with Crippen molar-refractivity contribution in [3.8, 4) is 11.1 Å². The highest BCUT2D eigenvalue weighted by Gasteiger charge is 2.21. The zero-order valence-corrected chi connectivity index (χ0v) is 11.0. The first-order valence-electron chi connectivity index (χ1n) is 6.03. The molecule has 0 saturated heterocycles. The first-order chi connectivity index (χ1) is 10.0. The third kappa shape index (κ3) is 2.94. The minimum atomic E-state index is -0.662. The number of carbonyl (C=O) groups excluding carboxylic acids is 1. The van der Waals surface area contributed by atoms with Gasteiger partial charge in [0.2, 0.25) is 0 Å². The van der Waals surface area contributed by atoms with Crippen LogP contribution in [0, 0.1) is 10.1 Å². The highest BCUT2D eigenvalue weighted by molar-refractivity contribution is 5.92. The van der Waals surface area contributed by atoms with Crippen molar-refractivity contribution in [1.29, 1.82) is 0 Å². The van der Waals surface area contributed by atoms with E-state index in [1.54, 1.807) is 6.92 Å². The maximum absolute atomic E-state index is 11.7. The largest absolute Gasteiger partial charge is 0.462 e. The normalized spacial score (nSPS) is 10.1. The van der Waals surface area contributed by atoms with Gasteiger partial charge in [-0.15, -0.1) is 0 Å². The molecule has 8 nitrogen and oxygen atoms in total. The van der Waals surface area contributed by atoms with Crippen LogP contribution in [0.2, 0.25) is 0 Å². The first-order valence-corrected chi connectivity index (χ1v) is 6.03. The molecule has 1 N–H and O–H groups in total. The molecule has 0 spiro atoms. The number of carbonyl (C=O) groups is 1. The number of nitrogens with one attached hydrogen (secondary N) is 1. The quantitative estimate of drug-likeness (QED) is 0.518. The summed E-state index contributed by atoms with van der Waals surface area (Å²) in [6, 6.07) is 3.78. The summed E-state index contributed by atoms with van der Waals surface area (Å²) in [7, 11) is 0. The smallest absolute Gasteiger partial charge is 0.338 e. The maximum Gasteiger partial charge on any atom is 0.338 e. The number of rotatable bonds is 4. The molecule has 0 saturated carbocycles. The lowest BCUT2D eigenvalue weighted by atomic mass is 10.0. The second-order valence-corrected chi connectivity index (χ2v) is 4.00. The third-order valence-electron chi connectivity index (χ3n) is 2.71. The monoisotopic (exact) mass is 289 g/mol. The predicted molar refractivity (Wildman–Crippen MR) is 72.9 cm³/mol. The van der Waals surface area contributed by atoms with Crippen molar-refractivity contribution in [1.82, 2.24) is 9.97 Å². The number of benzene rings is 1. The van der Waals surface area contributed by atoms with Crippen molar-refractivity contribution in [2.24, 2.45) is 0 Å². The van der Waals surface area contributed by atoms with Gasteiger partial charge in [-0.3, -0.25) is 14.9 Å². The Morgan fingerprint density at radius 2 is 2.19 bits per heavy atom. The van der Waals surface area contributed by atoms with E-state index >= 15 is 0 Å². The van der Waals surface area contributed by atoms with Crippen LogP contribution >= 0.6 is 0 Å². The molecule has 0 bridgehead atoms. The molecule has 0 radical (unpaired) electrons. The lowest BCUT2D eigenvalue weighted by Gasteiger charge is -2.05. The molecule has 0 aliphatic carbocycles. The minimum Gasteiger partial charge on any atom is -0.462 e. The SMILES string of the molecule is CCOC(=O)c1ccc(-c2cnc[nH]c2=O)c([N+](=O)[O-])c1. The number of nitro groups is 1. The van der Waals surface area contributed by atoms with Crippen molar-refractivity contribution in [3.63, 3.8) is 0 Å². The topological polar surface area (TPSA) is 115 Å². The summed E-state index contributed by atoms with van der Waals surface area (Å²) in [5.74, 6) is -0.660. The number of aromatic amines is 1. The Morgan fingerprint density at radius 3 is 2.81 bits per heavy atom. The van der Waals surface area contributed by atoms with Gasteiger partial charge in [0.15, 0.2) is 0 Å². The van der Waals surface area contributed by atoms with Crippen molar-refractivity contribution in [3.05, 3.63) is 56.8 Å². The highest BCUT2D eigenvalue weighted by atomic mass is 16.6. The second-order valence-electron chi connectivity index (χ2n) is 4.00. The van der Waals surface area contributed by atoms with Gasteiger partial charge in [0.25, 0.3) is 11.2 Å². The fourth-order valence-electron chi connectivity index (χ4n) is 1.79. The average molecular weight is 289 g/mol. The Balaban J connectivity index is 2.58. The summed E-state index contributed by atoms with van der Waals surface area (Å²) < 4.78 is 4.79. The van der Waals surface area contributed by atoms with E-state index in [4.69, 9.17) is 4.74 Å². The maximum atomic E-state index is 11.7. The van der Waals surface area contributed by atoms with E-state index in [9.17, 15) is 19.7 Å². The number of nitrogens with zero attached hydrogens (tertiary/aromatic N) is 2. The van der Waals surface area contributed by atoms with Crippen molar-refractivity contribution >= 4 is 11.7 Å². The van der Waals surface area contributed by atoms with Gasteiger partial charge in [0, 0.05) is 12.3 Å². The molecule has 8 heteroatoms. The van der Waals surface area contributed by atoms with Gasteiger partial charge in [-0.25, -0.2) is 9.78 Å². The number of aromatic nitrogens is 2. The molecule has 0 amide bonds. The van der Waals surface area contributed by atoms with Crippen molar-refractivity contribution in [2.75, 3.05) is 6.61 Å². The second kappa shape index (κ2) is 5.95. The Hall–Kier alpha value is -3.03. The zero-order chi connectivity index (χ0) is 15.4. The predicted octanol–water partition coefficient (Wildman–Crippen LogP) is 1.52. The molecule has 21 heavy (non-hydrogen) atoms. The van der Waals surface area contributed by atoms with Gasteiger partial charge in [-0.1, -0.05) is 0 Å². The van der Waals surface area contributed by atoms with Gasteiger partial charge in [0.05, 0.1) is 34.5 Å². The lowest BCUT2D eigenvalue weighted by molar-refractivity contribution is -0.384. The van der Waals surface area contributed by atoms with E-state index in [0.717, 1.165) is 6.07 Å². The van der Waals surface area contributed by atoms with Gasteiger partial charge in [-0.05, 0) is 19.1 Å². The molecule has 0 atom stereocenters. The van der Waals surface area contributed by atoms with Crippen LogP contribution in [-0.2, 0) is 4.74 Å². The molecular weight excluding hydrogens is 278 g/mol. The number of nitro benzene ring substituents is 1. The van der Waals surface area contributed by atoms with Gasteiger partial charge >= 0.3 is 5.97 Å². The van der Waals surface area contributed by atoms with Crippen molar-refractivity contribution in [2.45, 2.75) is 6.92 Å². The Kier molecular flexibility index (Phi) is 4.07. The minimum absolute atomic E-state index is 0.0487. The summed E-state index contributed by atoms with van der Waals surface area (Å²) in [4.78, 5) is 39.9. The molecule has 1 aromatic heterocycles. The molecule has 2 aromatic rings. The molecular formula is C13H11N3O5. The van der Waals surface area contributed by atoms with Crippen LogP contribution in [0.4, 0.5) is 5.69 Å². The van der Waals surface area contributed by atoms with E-state index in [1.807, 2.05) is 0 Å². The fourth-order valence-corrected chi connectivity index (χ4v) is 1.79. The van der Waals surface area contributed by atoms with E-state index in [0.29, 0.717) is 0 Å². The summed E-state index contributed by atoms with van der Waals surface area (Å²) in [6.45, 7) is 1.80. The molecule has 2 rings (SSSR count). The standard InChI is InChI=1S/C13H11N3O5/c1-2-21-13(18)8-3-4-9(11(5-8)16(19)20)10-6-14-7-15-12(10)17/h3-7H,2H2,1H3,(H,14,15,17). The lowest BCUT2D eigenvalue weighted by Crippen LogP contribution is -2.10. The van der Waals surface area contributed by atoms with E-state index in [2.05, 4.69) is 9.97 Å². The number of ether oxygens (including phenoxy) is 1. The fraction of sp³-hybridized carbons (Fsp3) is 0.154. The van der Waals surface area contributed by atoms with Gasteiger partial charge in [0.1, 0.15) is 0 Å². The molecule has 0 unspecified atom stereocenters. The van der Waals surface area contributed by atoms with Crippen molar-refractivity contribution < 1.29 is 14.5 Å². The van der Waals surface area contributed by atoms with Gasteiger partial charge in [-0.2, -0.15) is 0 Å². The van der Waals surface area contributed by atoms with Crippen LogP contribution in [0.3, 0.4) is 0 Å². The summed E-state index contributed by atoms with van der Waals surface area (Å²) in [5, 5.41) is 11.2. The summed E-state index contributed by atoms with van der Waals surface area (Å²) in [6.07, 6.45) is 2.41. The Labute approximate surface area is 118 Å².